The van der Waals surface area contributed by atoms with E-state index in [1.54, 1.807) is 17.0 Å². The summed E-state index contributed by atoms with van der Waals surface area (Å²) in [5.74, 6) is -0.220. The van der Waals surface area contributed by atoms with Crippen molar-refractivity contribution in [1.29, 1.82) is 0 Å². The van der Waals surface area contributed by atoms with Gasteiger partial charge >= 0.3 is 0 Å². The first-order chi connectivity index (χ1) is 11.7. The minimum absolute atomic E-state index is 0.0190. The lowest BCUT2D eigenvalue weighted by Gasteiger charge is -2.20. The lowest BCUT2D eigenvalue weighted by Crippen LogP contribution is -2.33. The first kappa shape index (κ1) is 14.9. The van der Waals surface area contributed by atoms with Crippen LogP contribution in [-0.2, 0) is 6.42 Å². The van der Waals surface area contributed by atoms with Gasteiger partial charge in [0.2, 0.25) is 0 Å². The Hall–Kier alpha value is -2.66. The molecule has 0 saturated heterocycles. The van der Waals surface area contributed by atoms with E-state index in [0.29, 0.717) is 24.2 Å². The highest BCUT2D eigenvalue weighted by molar-refractivity contribution is 6.08. The summed E-state index contributed by atoms with van der Waals surface area (Å²) >= 11 is 0. The van der Waals surface area contributed by atoms with Crippen molar-refractivity contribution >= 4 is 17.5 Å². The molecular formula is C19H18N2O3. The Morgan fingerprint density at radius 3 is 2.92 bits per heavy atom. The van der Waals surface area contributed by atoms with Crippen molar-refractivity contribution in [1.82, 2.24) is 5.32 Å². The van der Waals surface area contributed by atoms with Crippen LogP contribution in [0.3, 0.4) is 0 Å². The molecule has 5 nitrogen and oxygen atoms in total. The van der Waals surface area contributed by atoms with Crippen molar-refractivity contribution in [2.24, 2.45) is 0 Å². The molecule has 2 aromatic rings. The Morgan fingerprint density at radius 1 is 1.25 bits per heavy atom. The van der Waals surface area contributed by atoms with Gasteiger partial charge in [-0.15, -0.1) is 0 Å². The van der Waals surface area contributed by atoms with E-state index in [-0.39, 0.29) is 24.3 Å². The van der Waals surface area contributed by atoms with Crippen LogP contribution in [0.5, 0.6) is 0 Å². The SMILES string of the molecule is O=C1NCCc2cc(C(=O)N3CC(CO)c4ccccc43)ccc21. The number of benzene rings is 2. The molecule has 0 bridgehead atoms. The number of hydrogen-bond acceptors (Lipinski definition) is 3. The second-order valence-corrected chi connectivity index (χ2v) is 6.23. The summed E-state index contributed by atoms with van der Waals surface area (Å²) in [5.41, 5.74) is 4.00. The third-order valence-corrected chi connectivity index (χ3v) is 4.81. The largest absolute Gasteiger partial charge is 0.396 e. The summed E-state index contributed by atoms with van der Waals surface area (Å²) in [4.78, 5) is 26.5. The number of carbonyl (C=O) groups is 2. The summed E-state index contributed by atoms with van der Waals surface area (Å²) in [6.07, 6.45) is 0.734. The van der Waals surface area contributed by atoms with Gasteiger partial charge in [-0.3, -0.25) is 9.59 Å². The number of anilines is 1. The molecule has 24 heavy (non-hydrogen) atoms. The van der Waals surface area contributed by atoms with Crippen LogP contribution in [0.25, 0.3) is 0 Å². The zero-order valence-electron chi connectivity index (χ0n) is 13.2. The fourth-order valence-electron chi connectivity index (χ4n) is 3.56. The van der Waals surface area contributed by atoms with E-state index < -0.39 is 0 Å². The molecule has 2 heterocycles. The van der Waals surface area contributed by atoms with Crippen LogP contribution in [0.1, 0.15) is 37.8 Å². The van der Waals surface area contributed by atoms with E-state index in [9.17, 15) is 14.7 Å². The fraction of sp³-hybridized carbons (Fsp3) is 0.263. The molecule has 0 aliphatic carbocycles. The quantitative estimate of drug-likeness (QED) is 0.884. The Bertz CT molecular complexity index is 831. The highest BCUT2D eigenvalue weighted by Crippen LogP contribution is 2.36. The Kier molecular flexibility index (Phi) is 3.58. The predicted octanol–water partition coefficient (Wildman–Crippen LogP) is 1.71. The molecule has 0 aromatic heterocycles. The molecule has 0 saturated carbocycles. The van der Waals surface area contributed by atoms with Crippen LogP contribution in [0.4, 0.5) is 5.69 Å². The van der Waals surface area contributed by atoms with Crippen LogP contribution >= 0.6 is 0 Å². The van der Waals surface area contributed by atoms with Crippen LogP contribution in [-0.4, -0.2) is 36.6 Å². The molecule has 1 unspecified atom stereocenters. The van der Waals surface area contributed by atoms with Gasteiger partial charge in [-0.05, 0) is 41.8 Å². The monoisotopic (exact) mass is 322 g/mol. The standard InChI is InChI=1S/C19H18N2O3/c22-11-14-10-21(17-4-2-1-3-15(14)17)19(24)13-5-6-16-12(9-13)7-8-20-18(16)23/h1-6,9,14,22H,7-8,10-11H2,(H,20,23). The molecule has 2 aliphatic heterocycles. The molecule has 0 spiro atoms. The first-order valence-corrected chi connectivity index (χ1v) is 8.12. The number of nitrogens with one attached hydrogen (secondary N) is 1. The molecule has 2 aromatic carbocycles. The van der Waals surface area contributed by atoms with Gasteiger partial charge in [0, 0.05) is 35.8 Å². The van der Waals surface area contributed by atoms with Crippen molar-refractivity contribution in [3.05, 3.63) is 64.7 Å². The van der Waals surface area contributed by atoms with Crippen molar-refractivity contribution in [2.45, 2.75) is 12.3 Å². The summed E-state index contributed by atoms with van der Waals surface area (Å²) in [7, 11) is 0. The van der Waals surface area contributed by atoms with Crippen molar-refractivity contribution < 1.29 is 14.7 Å². The molecule has 0 radical (unpaired) electrons. The normalized spacial score (nSPS) is 18.8. The minimum atomic E-state index is -0.0906. The van der Waals surface area contributed by atoms with Crippen LogP contribution in [0.2, 0.25) is 0 Å². The third-order valence-electron chi connectivity index (χ3n) is 4.81. The number of aliphatic hydroxyl groups is 1. The van der Waals surface area contributed by atoms with E-state index >= 15 is 0 Å². The predicted molar refractivity (Wildman–Crippen MR) is 90.4 cm³/mol. The maximum atomic E-state index is 13.0. The number of rotatable bonds is 2. The van der Waals surface area contributed by atoms with Crippen molar-refractivity contribution in [3.8, 4) is 0 Å². The smallest absolute Gasteiger partial charge is 0.258 e. The van der Waals surface area contributed by atoms with E-state index in [2.05, 4.69) is 5.32 Å². The highest BCUT2D eigenvalue weighted by atomic mass is 16.3. The number of para-hydroxylation sites is 1. The van der Waals surface area contributed by atoms with E-state index in [4.69, 9.17) is 0 Å². The Balaban J connectivity index is 1.69. The van der Waals surface area contributed by atoms with E-state index in [1.807, 2.05) is 30.3 Å². The third kappa shape index (κ3) is 2.29. The van der Waals surface area contributed by atoms with Crippen LogP contribution in [0, 0.1) is 0 Å². The zero-order chi connectivity index (χ0) is 16.7. The van der Waals surface area contributed by atoms with Gasteiger partial charge in [0.25, 0.3) is 11.8 Å². The van der Waals surface area contributed by atoms with Gasteiger partial charge in [-0.2, -0.15) is 0 Å². The molecule has 2 aliphatic rings. The van der Waals surface area contributed by atoms with Gasteiger partial charge in [0.1, 0.15) is 0 Å². The molecule has 2 amide bonds. The number of nitrogens with zero attached hydrogens (tertiary/aromatic N) is 1. The second-order valence-electron chi connectivity index (χ2n) is 6.23. The molecule has 2 N–H and O–H groups in total. The number of carbonyl (C=O) groups excluding carboxylic acids is 2. The van der Waals surface area contributed by atoms with Gasteiger partial charge in [0.05, 0.1) is 6.61 Å². The first-order valence-electron chi connectivity index (χ1n) is 8.12. The lowest BCUT2D eigenvalue weighted by molar-refractivity contribution is 0.0942. The maximum absolute atomic E-state index is 13.0. The summed E-state index contributed by atoms with van der Waals surface area (Å²) in [6.45, 7) is 1.10. The topological polar surface area (TPSA) is 69.6 Å². The number of fused-ring (bicyclic) bond motifs is 2. The maximum Gasteiger partial charge on any atom is 0.258 e. The summed E-state index contributed by atoms with van der Waals surface area (Å²) in [5, 5.41) is 12.4. The van der Waals surface area contributed by atoms with E-state index in [0.717, 1.165) is 23.2 Å². The Morgan fingerprint density at radius 2 is 2.08 bits per heavy atom. The van der Waals surface area contributed by atoms with Gasteiger partial charge < -0.3 is 15.3 Å². The van der Waals surface area contributed by atoms with Crippen LogP contribution in [0.15, 0.2) is 42.5 Å². The molecule has 4 rings (SSSR count). The zero-order valence-corrected chi connectivity index (χ0v) is 13.2. The second kappa shape index (κ2) is 5.76. The highest BCUT2D eigenvalue weighted by Gasteiger charge is 2.32. The Labute approximate surface area is 139 Å². The summed E-state index contributed by atoms with van der Waals surface area (Å²) < 4.78 is 0. The van der Waals surface area contributed by atoms with Crippen LogP contribution < -0.4 is 10.2 Å². The van der Waals surface area contributed by atoms with Gasteiger partial charge in [0.15, 0.2) is 0 Å². The number of aliphatic hydroxyl groups excluding tert-OH is 1. The molecule has 122 valence electrons. The summed E-state index contributed by atoms with van der Waals surface area (Å²) in [6, 6.07) is 13.0. The number of amides is 2. The van der Waals surface area contributed by atoms with Crippen molar-refractivity contribution in [3.63, 3.8) is 0 Å². The fourth-order valence-corrected chi connectivity index (χ4v) is 3.56. The molecule has 5 heteroatoms. The molecule has 1 atom stereocenters. The van der Waals surface area contributed by atoms with Gasteiger partial charge in [-0.1, -0.05) is 18.2 Å². The number of hydrogen-bond donors (Lipinski definition) is 2. The average molecular weight is 322 g/mol. The lowest BCUT2D eigenvalue weighted by atomic mass is 9.97. The van der Waals surface area contributed by atoms with Gasteiger partial charge in [-0.25, -0.2) is 0 Å². The van der Waals surface area contributed by atoms with Crippen molar-refractivity contribution in [2.75, 3.05) is 24.6 Å². The molecule has 0 fully saturated rings. The average Bonchev–Trinajstić information content (AvgIpc) is 3.00. The molecular weight excluding hydrogens is 304 g/mol. The minimum Gasteiger partial charge on any atom is -0.396 e. The van der Waals surface area contributed by atoms with E-state index in [1.165, 1.54) is 0 Å².